The third kappa shape index (κ3) is 7.42. The summed E-state index contributed by atoms with van der Waals surface area (Å²) in [5, 5.41) is 22.2. The molecule has 1 unspecified atom stereocenters. The fourth-order valence-corrected chi connectivity index (χ4v) is 10.6. The number of piperidine rings is 1. The average Bonchev–Trinajstić information content (AvgIpc) is 3.44. The van der Waals surface area contributed by atoms with Gasteiger partial charge in [0, 0.05) is 83.9 Å². The van der Waals surface area contributed by atoms with Gasteiger partial charge in [0.15, 0.2) is 0 Å². The van der Waals surface area contributed by atoms with Crippen molar-refractivity contribution in [1.82, 2.24) is 20.9 Å². The molecule has 3 aliphatic heterocycles. The number of carbonyl (C=O) groups excluding carboxylic acids is 5. The predicted octanol–water partition coefficient (Wildman–Crippen LogP) is 5.68. The zero-order valence-electron chi connectivity index (χ0n) is 33.8. The summed E-state index contributed by atoms with van der Waals surface area (Å²) in [5.41, 5.74) is 2.97. The highest BCUT2D eigenvalue weighted by Crippen LogP contribution is 2.55. The van der Waals surface area contributed by atoms with E-state index in [1.54, 1.807) is 30.3 Å². The molecular weight excluding hydrogens is 770 g/mol. The molecule has 5 aliphatic rings. The van der Waals surface area contributed by atoms with Crippen LogP contribution < -0.4 is 30.9 Å². The summed E-state index contributed by atoms with van der Waals surface area (Å²) in [5.74, 6) is -1.51. The van der Waals surface area contributed by atoms with Crippen molar-refractivity contribution in [2.45, 2.75) is 90.4 Å². The Morgan fingerprint density at radius 2 is 1.59 bits per heavy atom. The Balaban J connectivity index is 0.752. The number of nitriles is 1. The molecule has 0 bridgehead atoms. The standard InChI is InChI=1S/C45H50ClN7O6/c1-43(2)41(44(3,4)42(43)59-31-11-7-27(23-47)34(46)22-31)51-37(55)26-5-8-28(9-6-26)48-19-20-49-29-15-17-45(18-16-29)24-52(25-45)30-10-12-32-33(21-30)40(58)53(39(32)57)35-13-14-36(54)50-38(35)56/h5-12,21-22,29,35,41-42,48-49H,13-20,24-25H2,1-4H3,(H,51,55)(H,50,54,56)/t35?,41-,42-. The molecule has 4 fully saturated rings. The predicted molar refractivity (Wildman–Crippen MR) is 222 cm³/mol. The molecule has 2 saturated heterocycles. The van der Waals surface area contributed by atoms with Crippen molar-refractivity contribution in [2.75, 3.05) is 36.4 Å². The molecular formula is C45H50ClN7O6. The van der Waals surface area contributed by atoms with Crippen LogP contribution in [0.4, 0.5) is 11.4 Å². The normalized spacial score (nSPS) is 24.1. The smallest absolute Gasteiger partial charge is 0.262 e. The van der Waals surface area contributed by atoms with E-state index < -0.39 is 29.7 Å². The molecule has 4 N–H and O–H groups in total. The molecule has 8 rings (SSSR count). The zero-order valence-corrected chi connectivity index (χ0v) is 34.6. The van der Waals surface area contributed by atoms with Gasteiger partial charge >= 0.3 is 0 Å². The molecule has 1 spiro atoms. The lowest BCUT2D eigenvalue weighted by atomic mass is 9.49. The van der Waals surface area contributed by atoms with Gasteiger partial charge in [0.2, 0.25) is 11.8 Å². The number of ether oxygens (including phenoxy) is 1. The maximum absolute atomic E-state index is 13.4. The summed E-state index contributed by atoms with van der Waals surface area (Å²) in [6.45, 7) is 11.7. The lowest BCUT2D eigenvalue weighted by Crippen LogP contribution is -2.74. The number of amides is 5. The van der Waals surface area contributed by atoms with Crippen molar-refractivity contribution in [3.63, 3.8) is 0 Å². The molecule has 2 aliphatic carbocycles. The molecule has 0 aromatic heterocycles. The highest BCUT2D eigenvalue weighted by molar-refractivity contribution is 6.31. The minimum Gasteiger partial charge on any atom is -0.489 e. The van der Waals surface area contributed by atoms with Crippen LogP contribution in [0.5, 0.6) is 5.75 Å². The van der Waals surface area contributed by atoms with Gasteiger partial charge in [-0.3, -0.25) is 34.2 Å². The Bertz CT molecular complexity index is 2240. The number of rotatable bonds is 11. The van der Waals surface area contributed by atoms with Crippen LogP contribution in [0.15, 0.2) is 60.7 Å². The van der Waals surface area contributed by atoms with E-state index in [0.29, 0.717) is 39.1 Å². The topological polar surface area (TPSA) is 173 Å². The van der Waals surface area contributed by atoms with E-state index in [-0.39, 0.29) is 47.1 Å². The first kappa shape index (κ1) is 40.3. The molecule has 59 heavy (non-hydrogen) atoms. The van der Waals surface area contributed by atoms with Crippen molar-refractivity contribution in [2.24, 2.45) is 16.2 Å². The third-order valence-electron chi connectivity index (χ3n) is 13.4. The average molecular weight is 820 g/mol. The van der Waals surface area contributed by atoms with Gasteiger partial charge in [-0.05, 0) is 86.7 Å². The molecule has 0 radical (unpaired) electrons. The number of imide groups is 2. The van der Waals surface area contributed by atoms with Crippen molar-refractivity contribution >= 4 is 52.5 Å². The van der Waals surface area contributed by atoms with Crippen LogP contribution in [0.1, 0.15) is 103 Å². The number of halogens is 1. The van der Waals surface area contributed by atoms with Crippen molar-refractivity contribution < 1.29 is 28.7 Å². The first-order valence-corrected chi connectivity index (χ1v) is 20.8. The Morgan fingerprint density at radius 3 is 2.25 bits per heavy atom. The highest BCUT2D eigenvalue weighted by atomic mass is 35.5. The molecule has 14 heteroatoms. The van der Waals surface area contributed by atoms with E-state index in [9.17, 15) is 29.2 Å². The van der Waals surface area contributed by atoms with E-state index in [1.165, 1.54) is 0 Å². The molecule has 13 nitrogen and oxygen atoms in total. The van der Waals surface area contributed by atoms with Crippen LogP contribution >= 0.6 is 11.6 Å². The lowest BCUT2D eigenvalue weighted by molar-refractivity contribution is -0.164. The number of hydrogen-bond donors (Lipinski definition) is 4. The molecule has 5 amide bonds. The van der Waals surface area contributed by atoms with Crippen LogP contribution in [-0.4, -0.2) is 84.8 Å². The number of nitrogens with one attached hydrogen (secondary N) is 4. The second-order valence-electron chi connectivity index (χ2n) is 18.1. The van der Waals surface area contributed by atoms with Gasteiger partial charge in [-0.1, -0.05) is 39.3 Å². The summed E-state index contributed by atoms with van der Waals surface area (Å²) in [6.07, 6.45) is 4.43. The Morgan fingerprint density at radius 1 is 0.898 bits per heavy atom. The quantitative estimate of drug-likeness (QED) is 0.139. The van der Waals surface area contributed by atoms with Gasteiger partial charge in [-0.15, -0.1) is 0 Å². The largest absolute Gasteiger partial charge is 0.489 e. The van der Waals surface area contributed by atoms with Crippen molar-refractivity contribution in [1.29, 1.82) is 5.26 Å². The minimum absolute atomic E-state index is 0.0924. The fraction of sp³-hybridized carbons (Fsp3) is 0.467. The minimum atomic E-state index is -0.970. The molecule has 3 heterocycles. The van der Waals surface area contributed by atoms with E-state index in [1.807, 2.05) is 30.3 Å². The number of benzene rings is 3. The van der Waals surface area contributed by atoms with Crippen LogP contribution in [0, 0.1) is 27.6 Å². The SMILES string of the molecule is CC1(C)[C@H](NC(=O)c2ccc(NCCNC3CCC4(CC3)CN(c3ccc5c(c3)C(=O)N(C3CCC(=O)NC3=O)C5=O)C4)cc2)C(C)(C)[C@H]1Oc1ccc(C#N)c(Cl)c1. The lowest BCUT2D eigenvalue weighted by Gasteiger charge is -2.63. The van der Waals surface area contributed by atoms with Gasteiger partial charge in [0.1, 0.15) is 24.0 Å². The Kier molecular flexibility index (Phi) is 10.5. The second kappa shape index (κ2) is 15.3. The maximum atomic E-state index is 13.4. The number of anilines is 2. The van der Waals surface area contributed by atoms with Gasteiger partial charge in [0.25, 0.3) is 17.7 Å². The number of nitrogens with zero attached hydrogens (tertiary/aromatic N) is 3. The van der Waals surface area contributed by atoms with Gasteiger partial charge in [-0.25, -0.2) is 0 Å². The zero-order chi connectivity index (χ0) is 41.9. The first-order chi connectivity index (χ1) is 28.1. The van der Waals surface area contributed by atoms with Crippen LogP contribution in [-0.2, 0) is 9.59 Å². The van der Waals surface area contributed by atoms with E-state index in [4.69, 9.17) is 16.3 Å². The molecule has 308 valence electrons. The van der Waals surface area contributed by atoms with E-state index in [0.717, 1.165) is 68.1 Å². The molecule has 1 atom stereocenters. The van der Waals surface area contributed by atoms with Gasteiger partial charge in [0.05, 0.1) is 21.7 Å². The summed E-state index contributed by atoms with van der Waals surface area (Å²) in [6, 6.07) is 19.4. The number of carbonyl (C=O) groups is 5. The number of hydrogen-bond acceptors (Lipinski definition) is 10. The molecule has 2 saturated carbocycles. The molecule has 3 aromatic rings. The Labute approximate surface area is 349 Å². The maximum Gasteiger partial charge on any atom is 0.262 e. The van der Waals surface area contributed by atoms with E-state index >= 15 is 0 Å². The number of fused-ring (bicyclic) bond motifs is 1. The molecule has 3 aromatic carbocycles. The van der Waals surface area contributed by atoms with Crippen molar-refractivity contribution in [3.05, 3.63) is 87.9 Å². The van der Waals surface area contributed by atoms with Crippen LogP contribution in [0.3, 0.4) is 0 Å². The van der Waals surface area contributed by atoms with Crippen molar-refractivity contribution in [3.8, 4) is 11.8 Å². The van der Waals surface area contributed by atoms with Gasteiger partial charge < -0.3 is 25.6 Å². The summed E-state index contributed by atoms with van der Waals surface area (Å²) >= 11 is 6.24. The van der Waals surface area contributed by atoms with Gasteiger partial charge in [-0.2, -0.15) is 5.26 Å². The van der Waals surface area contributed by atoms with Crippen LogP contribution in [0.25, 0.3) is 0 Å². The highest BCUT2D eigenvalue weighted by Gasteiger charge is 2.64. The second-order valence-corrected chi connectivity index (χ2v) is 18.5. The van der Waals surface area contributed by atoms with E-state index in [2.05, 4.69) is 59.9 Å². The third-order valence-corrected chi connectivity index (χ3v) is 13.7. The monoisotopic (exact) mass is 819 g/mol. The summed E-state index contributed by atoms with van der Waals surface area (Å²) < 4.78 is 6.36. The Hall–Kier alpha value is -5.45. The first-order valence-electron chi connectivity index (χ1n) is 20.5. The summed E-state index contributed by atoms with van der Waals surface area (Å²) in [4.78, 5) is 67.1. The fourth-order valence-electron chi connectivity index (χ4n) is 10.4. The van der Waals surface area contributed by atoms with Crippen LogP contribution in [0.2, 0.25) is 5.02 Å². The summed E-state index contributed by atoms with van der Waals surface area (Å²) in [7, 11) is 0.